The molecule has 1 N–H and O–H groups in total. The zero-order chi connectivity index (χ0) is 31.7. The largest absolute Gasteiger partial charge is 0.507 e. The van der Waals surface area contributed by atoms with Gasteiger partial charge in [-0.3, -0.25) is 14.5 Å². The minimum absolute atomic E-state index is 0.102. The van der Waals surface area contributed by atoms with Gasteiger partial charge in [-0.2, -0.15) is 0 Å². The summed E-state index contributed by atoms with van der Waals surface area (Å²) in [6.07, 6.45) is 0. The molecule has 1 unspecified atom stereocenters. The fraction of sp³-hybridized carbons (Fsp3) is 0.226. The number of aliphatic hydroxyl groups is 1. The topological polar surface area (TPSA) is 111 Å². The van der Waals surface area contributed by atoms with Crippen molar-refractivity contribution in [2.24, 2.45) is 0 Å². The molecule has 1 aliphatic heterocycles. The van der Waals surface area contributed by atoms with Gasteiger partial charge in [0, 0.05) is 21.4 Å². The normalized spacial score (nSPS) is 16.0. The molecule has 0 aliphatic carbocycles. The lowest BCUT2D eigenvalue weighted by molar-refractivity contribution is -0.132. The van der Waals surface area contributed by atoms with E-state index in [4.69, 9.17) is 37.4 Å². The maximum atomic E-state index is 13.7. The summed E-state index contributed by atoms with van der Waals surface area (Å²) in [5.74, 6) is -0.585. The van der Waals surface area contributed by atoms with Crippen LogP contribution < -0.4 is 19.1 Å². The smallest absolute Gasteiger partial charge is 0.301 e. The fourth-order valence-corrected chi connectivity index (χ4v) is 7.30. The molecule has 4 aromatic rings. The van der Waals surface area contributed by atoms with E-state index >= 15 is 0 Å². The second kappa shape index (κ2) is 13.1. The van der Waals surface area contributed by atoms with Crippen LogP contribution in [0.2, 0.25) is 10.0 Å². The van der Waals surface area contributed by atoms with Crippen LogP contribution in [0.25, 0.3) is 5.76 Å². The Morgan fingerprint density at radius 1 is 0.977 bits per heavy atom. The van der Waals surface area contributed by atoms with Crippen LogP contribution >= 0.6 is 46.3 Å². The number of carbonyl (C=O) groups is 2. The van der Waals surface area contributed by atoms with Gasteiger partial charge in [0.2, 0.25) is 10.9 Å². The van der Waals surface area contributed by atoms with Crippen molar-refractivity contribution in [1.82, 2.24) is 10.2 Å². The molecule has 1 aromatic heterocycles. The van der Waals surface area contributed by atoms with Gasteiger partial charge < -0.3 is 19.3 Å². The van der Waals surface area contributed by atoms with Crippen molar-refractivity contribution in [3.05, 3.63) is 92.0 Å². The van der Waals surface area contributed by atoms with Crippen LogP contribution in [-0.4, -0.2) is 48.3 Å². The summed E-state index contributed by atoms with van der Waals surface area (Å²) in [4.78, 5) is 28.7. The number of Topliss-reactive ketones (excluding diaryl/α,β-unsaturated/α-hetero) is 1. The highest BCUT2D eigenvalue weighted by Gasteiger charge is 2.49. The second-order valence-corrected chi connectivity index (χ2v) is 12.8. The predicted octanol–water partition coefficient (Wildman–Crippen LogP) is 7.41. The lowest BCUT2D eigenvalue weighted by atomic mass is 9.93. The number of thioether (sulfide) groups is 1. The van der Waals surface area contributed by atoms with Gasteiger partial charge in [-0.25, -0.2) is 0 Å². The Kier molecular flexibility index (Phi) is 9.40. The molecule has 0 spiro atoms. The minimum atomic E-state index is -1.08. The average molecular weight is 673 g/mol. The number of aliphatic hydroxyl groups excluding tert-OH is 1. The van der Waals surface area contributed by atoms with E-state index in [0.717, 1.165) is 28.0 Å². The maximum absolute atomic E-state index is 13.7. The van der Waals surface area contributed by atoms with E-state index in [1.165, 1.54) is 38.0 Å². The molecule has 0 radical (unpaired) electrons. The van der Waals surface area contributed by atoms with Gasteiger partial charge in [-0.15, -0.1) is 10.2 Å². The van der Waals surface area contributed by atoms with Crippen LogP contribution in [0, 0.1) is 13.8 Å². The summed E-state index contributed by atoms with van der Waals surface area (Å²) < 4.78 is 17.2. The number of hydrogen-bond donors (Lipinski definition) is 1. The molecule has 1 fully saturated rings. The van der Waals surface area contributed by atoms with Gasteiger partial charge in [-0.05, 0) is 60.9 Å². The van der Waals surface area contributed by atoms with E-state index in [9.17, 15) is 14.7 Å². The van der Waals surface area contributed by atoms with E-state index in [1.807, 2.05) is 32.0 Å². The van der Waals surface area contributed by atoms with E-state index in [-0.39, 0.29) is 16.5 Å². The summed E-state index contributed by atoms with van der Waals surface area (Å²) in [5, 5.41) is 21.4. The number of amides is 1. The zero-order valence-electron chi connectivity index (χ0n) is 24.3. The first-order valence-corrected chi connectivity index (χ1v) is 15.7. The molecule has 1 aliphatic rings. The van der Waals surface area contributed by atoms with Gasteiger partial charge in [0.1, 0.15) is 5.76 Å². The molecule has 1 saturated heterocycles. The average Bonchev–Trinajstić information content (AvgIpc) is 3.58. The lowest BCUT2D eigenvalue weighted by Crippen LogP contribution is -2.29. The summed E-state index contributed by atoms with van der Waals surface area (Å²) in [7, 11) is 4.41. The number of rotatable bonds is 9. The van der Waals surface area contributed by atoms with Crippen molar-refractivity contribution in [3.8, 4) is 17.2 Å². The minimum Gasteiger partial charge on any atom is -0.507 e. The van der Waals surface area contributed by atoms with E-state index < -0.39 is 17.7 Å². The van der Waals surface area contributed by atoms with E-state index in [0.29, 0.717) is 48.5 Å². The predicted molar refractivity (Wildman–Crippen MR) is 173 cm³/mol. The molecule has 13 heteroatoms. The third-order valence-electron chi connectivity index (χ3n) is 7.06. The summed E-state index contributed by atoms with van der Waals surface area (Å²) >= 11 is 14.9. The Morgan fingerprint density at radius 3 is 2.32 bits per heavy atom. The fourth-order valence-electron chi connectivity index (χ4n) is 4.88. The molecule has 3 aromatic carbocycles. The highest BCUT2D eigenvalue weighted by molar-refractivity contribution is 8.00. The van der Waals surface area contributed by atoms with Crippen LogP contribution in [-0.2, 0) is 15.3 Å². The summed E-state index contributed by atoms with van der Waals surface area (Å²) in [5.41, 5.74) is 3.23. The molecule has 9 nitrogen and oxygen atoms in total. The molecule has 0 saturated carbocycles. The van der Waals surface area contributed by atoms with Crippen LogP contribution in [0.4, 0.5) is 5.13 Å². The monoisotopic (exact) mass is 671 g/mol. The van der Waals surface area contributed by atoms with Gasteiger partial charge in [0.25, 0.3) is 5.78 Å². The molecule has 1 atom stereocenters. The molecule has 2 heterocycles. The Balaban J connectivity index is 1.64. The Labute approximate surface area is 272 Å². The van der Waals surface area contributed by atoms with Crippen molar-refractivity contribution in [2.75, 3.05) is 26.2 Å². The third-order valence-corrected chi connectivity index (χ3v) is 9.76. The molecular weight excluding hydrogens is 645 g/mol. The Hall–Kier alpha value is -3.77. The number of ketones is 1. The maximum Gasteiger partial charge on any atom is 0.301 e. The van der Waals surface area contributed by atoms with Crippen molar-refractivity contribution < 1.29 is 28.9 Å². The summed E-state index contributed by atoms with van der Waals surface area (Å²) in [6.45, 7) is 3.70. The molecule has 0 bridgehead atoms. The van der Waals surface area contributed by atoms with Crippen LogP contribution in [0.1, 0.15) is 33.9 Å². The highest BCUT2D eigenvalue weighted by atomic mass is 35.5. The first-order chi connectivity index (χ1) is 21.1. The molecule has 228 valence electrons. The molecule has 1 amide bonds. The van der Waals surface area contributed by atoms with Gasteiger partial charge in [-0.1, -0.05) is 70.1 Å². The zero-order valence-corrected chi connectivity index (χ0v) is 27.5. The number of halogens is 2. The van der Waals surface area contributed by atoms with Crippen molar-refractivity contribution >= 4 is 68.9 Å². The number of aromatic nitrogens is 2. The number of benzene rings is 3. The Bertz CT molecular complexity index is 1780. The number of ether oxygens (including phenoxy) is 3. The van der Waals surface area contributed by atoms with Gasteiger partial charge in [0.15, 0.2) is 15.8 Å². The number of anilines is 1. The third kappa shape index (κ3) is 5.97. The molecule has 44 heavy (non-hydrogen) atoms. The van der Waals surface area contributed by atoms with Gasteiger partial charge in [0.05, 0.1) is 32.9 Å². The van der Waals surface area contributed by atoms with E-state index in [2.05, 4.69) is 10.2 Å². The molecular formula is C31H27Cl2N3O6S2. The summed E-state index contributed by atoms with van der Waals surface area (Å²) in [6, 6.07) is 13.0. The van der Waals surface area contributed by atoms with Gasteiger partial charge >= 0.3 is 5.91 Å². The quantitative estimate of drug-likeness (QED) is 0.0639. The number of methoxy groups -OCH3 is 3. The van der Waals surface area contributed by atoms with Crippen LogP contribution in [0.5, 0.6) is 17.2 Å². The number of hydrogen-bond acceptors (Lipinski definition) is 10. The second-order valence-electron chi connectivity index (χ2n) is 9.82. The highest BCUT2D eigenvalue weighted by Crippen LogP contribution is 2.48. The molecule has 5 rings (SSSR count). The number of aryl methyl sites for hydroxylation is 2. The number of carbonyl (C=O) groups excluding carboxylic acids is 2. The van der Waals surface area contributed by atoms with Crippen molar-refractivity contribution in [2.45, 2.75) is 30.0 Å². The van der Waals surface area contributed by atoms with E-state index in [1.54, 1.807) is 30.3 Å². The Morgan fingerprint density at radius 2 is 1.68 bits per heavy atom. The first kappa shape index (κ1) is 31.6. The SMILES string of the molecule is COc1cc(C2C(=C(O)c3cc(C)ccc3C)C(=O)C(=O)N2c2nnc(SCc3ccc(Cl)cc3Cl)s2)cc(OC)c1OC. The van der Waals surface area contributed by atoms with Crippen LogP contribution in [0.15, 0.2) is 58.4 Å². The number of nitrogens with zero attached hydrogens (tertiary/aromatic N) is 3. The van der Waals surface area contributed by atoms with Crippen molar-refractivity contribution in [1.29, 1.82) is 0 Å². The van der Waals surface area contributed by atoms with Crippen LogP contribution in [0.3, 0.4) is 0 Å². The lowest BCUT2D eigenvalue weighted by Gasteiger charge is -2.24. The standard InChI is InChI=1S/C31H27Cl2N3O6S2/c1-15-6-7-16(2)20(10-15)26(37)24-25(18-11-22(40-3)28(42-5)23(12-18)41-4)36(29(39)27(24)38)30-34-35-31(44-30)43-14-17-8-9-19(32)13-21(17)33/h6-13,25,37H,14H2,1-5H3. The first-order valence-electron chi connectivity index (χ1n) is 13.2. The van der Waals surface area contributed by atoms with Crippen molar-refractivity contribution in [3.63, 3.8) is 0 Å².